The Morgan fingerprint density at radius 2 is 0.844 bits per heavy atom. The minimum atomic E-state index is -0.290. The third kappa shape index (κ3) is 12.5. The molecule has 1 aliphatic heterocycles. The molecule has 17 heteroatoms. The minimum Gasteiger partial charge on any atom is -0.399 e. The molecule has 16 nitrogen and oxygen atoms in total. The average molecular weight is 1030 g/mol. The van der Waals surface area contributed by atoms with E-state index in [9.17, 15) is 0 Å². The van der Waals surface area contributed by atoms with E-state index in [-0.39, 0.29) is 18.3 Å². The molecule has 0 saturated carbocycles. The van der Waals surface area contributed by atoms with Gasteiger partial charge >= 0.3 is 7.12 Å². The predicted octanol–water partition coefficient (Wildman–Crippen LogP) is 10.8. The Morgan fingerprint density at radius 1 is 0.442 bits per heavy atom. The van der Waals surface area contributed by atoms with Crippen LogP contribution in [0.25, 0.3) is 56.1 Å². The highest BCUT2D eigenvalue weighted by Crippen LogP contribution is 2.38. The van der Waals surface area contributed by atoms with E-state index in [2.05, 4.69) is 124 Å². The Bertz CT molecular complexity index is 3450. The van der Waals surface area contributed by atoms with E-state index in [4.69, 9.17) is 20.8 Å². The fraction of sp³-hybridized carbons (Fsp3) is 0.300. The molecule has 394 valence electrons. The maximum Gasteiger partial charge on any atom is 0.494 e. The van der Waals surface area contributed by atoms with Crippen LogP contribution in [0.5, 0.6) is 0 Å². The van der Waals surface area contributed by atoms with Crippen LogP contribution < -0.4 is 16.9 Å². The Labute approximate surface area is 452 Å². The van der Waals surface area contributed by atoms with Gasteiger partial charge in [-0.05, 0) is 146 Å². The maximum atomic E-state index is 6.13. The molecule has 0 spiro atoms. The predicted molar refractivity (Wildman–Crippen MR) is 308 cm³/mol. The zero-order chi connectivity index (χ0) is 55.0. The third-order valence-corrected chi connectivity index (χ3v) is 13.6. The Hall–Kier alpha value is -8.28. The molecule has 1 fully saturated rings. The van der Waals surface area contributed by atoms with E-state index in [1.807, 2.05) is 125 Å². The highest BCUT2D eigenvalue weighted by molar-refractivity contribution is 6.62. The number of hydrogen-bond donors (Lipinski definition) is 2. The molecule has 0 atom stereocenters. The number of nitrogen functional groups attached to an aromatic ring is 2. The number of aromatic nitrogens is 12. The molecule has 2 aromatic carbocycles. The van der Waals surface area contributed by atoms with Crippen LogP contribution in [-0.4, -0.2) is 77.4 Å². The average Bonchev–Trinajstić information content (AvgIpc) is 4.23. The fourth-order valence-corrected chi connectivity index (χ4v) is 8.93. The molecule has 11 rings (SSSR count). The minimum absolute atomic E-state index is 0.290. The lowest BCUT2D eigenvalue weighted by Crippen LogP contribution is -2.41. The fourth-order valence-electron chi connectivity index (χ4n) is 8.93. The summed E-state index contributed by atoms with van der Waals surface area (Å²) in [7, 11) is -0.290. The number of nitrogens with zero attached hydrogens (tertiary/aromatic N) is 12. The van der Waals surface area contributed by atoms with E-state index in [1.54, 1.807) is 21.5 Å². The second-order valence-corrected chi connectivity index (χ2v) is 20.0. The quantitative estimate of drug-likeness (QED) is 0.129. The zero-order valence-electron chi connectivity index (χ0n) is 46.4. The Kier molecular flexibility index (Phi) is 16.9. The summed E-state index contributed by atoms with van der Waals surface area (Å²) >= 11 is 0. The molecule has 0 amide bonds. The van der Waals surface area contributed by atoms with E-state index in [1.165, 1.54) is 5.69 Å². The van der Waals surface area contributed by atoms with Crippen molar-refractivity contribution in [2.45, 2.75) is 120 Å². The molecular weight excluding hydrogens is 960 g/mol. The normalized spacial score (nSPS) is 13.3. The summed E-state index contributed by atoms with van der Waals surface area (Å²) in [5, 5.41) is 16.7. The van der Waals surface area contributed by atoms with Gasteiger partial charge in [0.15, 0.2) is 11.3 Å². The van der Waals surface area contributed by atoms with Crippen LogP contribution in [-0.2, 0) is 35.0 Å². The van der Waals surface area contributed by atoms with Crippen LogP contribution in [0.15, 0.2) is 128 Å². The van der Waals surface area contributed by atoms with Crippen molar-refractivity contribution in [3.05, 3.63) is 173 Å². The summed E-state index contributed by atoms with van der Waals surface area (Å²) in [6.45, 7) is 24.7. The van der Waals surface area contributed by atoms with Crippen LogP contribution in [0, 0.1) is 27.7 Å². The van der Waals surface area contributed by atoms with Gasteiger partial charge in [0.1, 0.15) is 12.7 Å². The van der Waals surface area contributed by atoms with Gasteiger partial charge in [-0.2, -0.15) is 0 Å². The van der Waals surface area contributed by atoms with Crippen molar-refractivity contribution in [1.29, 1.82) is 0 Å². The van der Waals surface area contributed by atoms with Crippen molar-refractivity contribution in [1.82, 2.24) is 59.1 Å². The molecule has 0 radical (unpaired) electrons. The Morgan fingerprint density at radius 3 is 1.25 bits per heavy atom. The maximum absolute atomic E-state index is 6.13. The van der Waals surface area contributed by atoms with E-state index >= 15 is 0 Å². The summed E-state index contributed by atoms with van der Waals surface area (Å²) in [4.78, 5) is 27.2. The zero-order valence-corrected chi connectivity index (χ0v) is 46.4. The lowest BCUT2D eigenvalue weighted by Gasteiger charge is -2.32. The molecule has 10 aromatic rings. The lowest BCUT2D eigenvalue weighted by atomic mass is 9.79. The smallest absolute Gasteiger partial charge is 0.399 e. The van der Waals surface area contributed by atoms with Crippen LogP contribution in [0.4, 0.5) is 11.9 Å². The van der Waals surface area contributed by atoms with Crippen molar-refractivity contribution in [2.75, 3.05) is 11.5 Å². The van der Waals surface area contributed by atoms with Crippen molar-refractivity contribution >= 4 is 35.8 Å². The first-order valence-electron chi connectivity index (χ1n) is 26.2. The van der Waals surface area contributed by atoms with Gasteiger partial charge in [0.25, 0.3) is 0 Å². The lowest BCUT2D eigenvalue weighted by molar-refractivity contribution is 0.00578. The summed E-state index contributed by atoms with van der Waals surface area (Å²) in [5.41, 5.74) is 29.9. The van der Waals surface area contributed by atoms with Crippen molar-refractivity contribution in [3.8, 4) is 44.8 Å². The van der Waals surface area contributed by atoms with Gasteiger partial charge in [0.2, 0.25) is 11.9 Å². The van der Waals surface area contributed by atoms with Gasteiger partial charge in [0.05, 0.1) is 33.7 Å². The molecule has 8 aromatic heterocycles. The molecule has 0 bridgehead atoms. The molecule has 1 aliphatic rings. The highest BCUT2D eigenvalue weighted by Gasteiger charge is 2.51. The van der Waals surface area contributed by atoms with Crippen LogP contribution in [0.3, 0.4) is 0 Å². The van der Waals surface area contributed by atoms with E-state index < -0.39 is 0 Å². The summed E-state index contributed by atoms with van der Waals surface area (Å²) < 4.78 is 15.5. The molecule has 1 saturated heterocycles. The summed E-state index contributed by atoms with van der Waals surface area (Å²) in [6, 6.07) is 38.5. The number of benzene rings is 2. The number of aryl methyl sites for hydroxylation is 8. The third-order valence-electron chi connectivity index (χ3n) is 13.6. The van der Waals surface area contributed by atoms with Crippen molar-refractivity contribution in [2.24, 2.45) is 0 Å². The van der Waals surface area contributed by atoms with Gasteiger partial charge in [0, 0.05) is 56.7 Å². The monoisotopic (exact) mass is 1030 g/mol. The molecule has 4 N–H and O–H groups in total. The van der Waals surface area contributed by atoms with Gasteiger partial charge < -0.3 is 20.8 Å². The van der Waals surface area contributed by atoms with E-state index in [0.717, 1.165) is 116 Å². The molecule has 0 aliphatic carbocycles. The summed E-state index contributed by atoms with van der Waals surface area (Å²) in [6.07, 6.45) is 6.85. The SMILES string of the molecule is CCc1cc(-c2c(-c3ccccc3)nc(N)n3cnnc23)cc(C)n1.CCc1cc(-c2c(-c3ccccc3)nc(N)n3cnnc23)cc(C)n1.CCc1cc(B2OC(C)(C)C(C)(C)O2)cc(C)n1.CCc1cccc(C)n1. The molecule has 77 heavy (non-hydrogen) atoms. The second kappa shape index (κ2) is 23.7. The second-order valence-electron chi connectivity index (χ2n) is 20.0. The standard InChI is InChI=1S/2C19H18N6.C14H22BNO2.C8H11N/c2*1-3-15-10-14(9-12(2)22-15)16-17(13-7-5-4-6-8-13)23-19(20)25-11-21-24-18(16)25;1-7-12-9-11(8-10(2)16-12)15-17-13(3,4)14(5,6)18-15;1-3-8-6-4-5-7(2)9-8/h2*4-11H,3H2,1-2H3,(H2,20,23);8-9H,7H2,1-6H3;4-6H,3H2,1-2H3. The topological polar surface area (TPSA) is 208 Å². The van der Waals surface area contributed by atoms with Gasteiger partial charge in [-0.3, -0.25) is 28.7 Å². The van der Waals surface area contributed by atoms with Gasteiger partial charge in [-0.25, -0.2) is 9.97 Å². The van der Waals surface area contributed by atoms with E-state index in [0.29, 0.717) is 23.2 Å². The Balaban J connectivity index is 0.000000143. The number of rotatable bonds is 9. The van der Waals surface area contributed by atoms with Crippen LogP contribution in [0.2, 0.25) is 0 Å². The van der Waals surface area contributed by atoms with Crippen molar-refractivity contribution in [3.63, 3.8) is 0 Å². The van der Waals surface area contributed by atoms with Crippen LogP contribution in [0.1, 0.15) is 101 Å². The number of anilines is 2. The molecule has 0 unspecified atom stereocenters. The largest absolute Gasteiger partial charge is 0.494 e. The van der Waals surface area contributed by atoms with Gasteiger partial charge in [-0.15, -0.1) is 20.4 Å². The summed E-state index contributed by atoms with van der Waals surface area (Å²) in [5.74, 6) is 0.730. The number of pyridine rings is 4. The first-order valence-corrected chi connectivity index (χ1v) is 26.2. The molecular formula is C60H69BN14O2. The number of nitrogens with two attached hydrogens (primary N) is 2. The molecule has 9 heterocycles. The highest BCUT2D eigenvalue weighted by atomic mass is 16.7. The first kappa shape index (κ1) is 55.0. The van der Waals surface area contributed by atoms with Crippen LogP contribution >= 0.6 is 0 Å². The number of hydrogen-bond acceptors (Lipinski definition) is 14. The van der Waals surface area contributed by atoms with Gasteiger partial charge in [-0.1, -0.05) is 94.4 Å². The van der Waals surface area contributed by atoms with Crippen molar-refractivity contribution < 1.29 is 9.31 Å². The number of fused-ring (bicyclic) bond motifs is 2. The first-order chi connectivity index (χ1) is 36.9.